The van der Waals surface area contributed by atoms with Crippen molar-refractivity contribution in [1.29, 1.82) is 0 Å². The highest BCUT2D eigenvalue weighted by Gasteiger charge is 2.28. The Bertz CT molecular complexity index is 662. The molecule has 1 amide bonds. The first kappa shape index (κ1) is 14.6. The fourth-order valence-corrected chi connectivity index (χ4v) is 3.01. The van der Waals surface area contributed by atoms with Crippen molar-refractivity contribution in [2.45, 2.75) is 19.9 Å². The van der Waals surface area contributed by atoms with E-state index in [0.29, 0.717) is 11.7 Å². The van der Waals surface area contributed by atoms with Gasteiger partial charge in [-0.25, -0.2) is 0 Å². The smallest absolute Gasteiger partial charge is 0.272 e. The third-order valence-electron chi connectivity index (χ3n) is 4.32. The minimum atomic E-state index is 0.0652. The number of aromatic nitrogens is 2. The number of nitrogens with zero attached hydrogens (tertiary/aromatic N) is 4. The minimum Gasteiger partial charge on any atom is -0.365 e. The molecule has 1 aromatic heterocycles. The van der Waals surface area contributed by atoms with E-state index in [2.05, 4.69) is 48.1 Å². The Kier molecular flexibility index (Phi) is 3.88. The van der Waals surface area contributed by atoms with Crippen LogP contribution >= 0.6 is 0 Å². The molecule has 0 N–H and O–H groups in total. The molecule has 5 heteroatoms. The van der Waals surface area contributed by atoms with Crippen molar-refractivity contribution in [2.24, 2.45) is 7.05 Å². The van der Waals surface area contributed by atoms with Crippen molar-refractivity contribution >= 4 is 11.6 Å². The molecular weight excluding hydrogens is 276 g/mol. The van der Waals surface area contributed by atoms with Crippen LogP contribution in [0, 0.1) is 6.92 Å². The maximum atomic E-state index is 12.6. The molecule has 2 aromatic rings. The van der Waals surface area contributed by atoms with Crippen molar-refractivity contribution in [1.82, 2.24) is 14.7 Å². The Morgan fingerprint density at radius 1 is 1.18 bits per heavy atom. The van der Waals surface area contributed by atoms with Crippen molar-refractivity contribution in [3.63, 3.8) is 0 Å². The first-order valence-electron chi connectivity index (χ1n) is 7.67. The number of anilines is 1. The molecule has 0 saturated carbocycles. The van der Waals surface area contributed by atoms with Gasteiger partial charge in [0.25, 0.3) is 5.91 Å². The minimum absolute atomic E-state index is 0.0652. The second-order valence-corrected chi connectivity index (χ2v) is 5.97. The summed E-state index contributed by atoms with van der Waals surface area (Å²) in [5.41, 5.74) is 3.14. The Balaban J connectivity index is 1.71. The highest BCUT2D eigenvalue weighted by atomic mass is 16.2. The molecule has 1 aliphatic rings. The molecule has 1 saturated heterocycles. The van der Waals surface area contributed by atoms with Crippen LogP contribution in [0.15, 0.2) is 36.5 Å². The van der Waals surface area contributed by atoms with Crippen LogP contribution in [-0.2, 0) is 7.05 Å². The van der Waals surface area contributed by atoms with E-state index in [-0.39, 0.29) is 5.91 Å². The fourth-order valence-electron chi connectivity index (χ4n) is 3.01. The van der Waals surface area contributed by atoms with Gasteiger partial charge in [-0.3, -0.25) is 9.48 Å². The topological polar surface area (TPSA) is 41.4 Å². The van der Waals surface area contributed by atoms with E-state index in [9.17, 15) is 4.79 Å². The Labute approximate surface area is 131 Å². The third-order valence-corrected chi connectivity index (χ3v) is 4.32. The summed E-state index contributed by atoms with van der Waals surface area (Å²) >= 11 is 0. The van der Waals surface area contributed by atoms with Gasteiger partial charge in [0.1, 0.15) is 5.69 Å². The number of carbonyl (C=O) groups is 1. The molecular formula is C17H22N4O. The first-order valence-corrected chi connectivity index (χ1v) is 7.67. The number of aryl methyl sites for hydroxylation is 2. The second kappa shape index (κ2) is 5.83. The molecule has 1 atom stereocenters. The van der Waals surface area contributed by atoms with Crippen LogP contribution in [0.5, 0.6) is 0 Å². The normalized spacial score (nSPS) is 18.6. The lowest BCUT2D eigenvalue weighted by Crippen LogP contribution is -2.54. The lowest BCUT2D eigenvalue weighted by Gasteiger charge is -2.41. The van der Waals surface area contributed by atoms with Gasteiger partial charge in [-0.15, -0.1) is 0 Å². The van der Waals surface area contributed by atoms with Crippen LogP contribution in [0.4, 0.5) is 5.69 Å². The zero-order chi connectivity index (χ0) is 15.7. The van der Waals surface area contributed by atoms with Gasteiger partial charge in [0, 0.05) is 44.6 Å². The maximum Gasteiger partial charge on any atom is 0.272 e. The van der Waals surface area contributed by atoms with E-state index in [4.69, 9.17) is 0 Å². The van der Waals surface area contributed by atoms with Gasteiger partial charge >= 0.3 is 0 Å². The summed E-state index contributed by atoms with van der Waals surface area (Å²) in [6.07, 6.45) is 1.67. The number of hydrogen-bond acceptors (Lipinski definition) is 3. The van der Waals surface area contributed by atoms with Gasteiger partial charge in [-0.1, -0.05) is 17.7 Å². The van der Waals surface area contributed by atoms with E-state index in [1.807, 2.05) is 4.90 Å². The molecule has 0 bridgehead atoms. The number of benzene rings is 1. The van der Waals surface area contributed by atoms with Gasteiger partial charge in [0.15, 0.2) is 0 Å². The summed E-state index contributed by atoms with van der Waals surface area (Å²) < 4.78 is 1.64. The lowest BCUT2D eigenvalue weighted by molar-refractivity contribution is 0.0715. The molecule has 1 aliphatic heterocycles. The summed E-state index contributed by atoms with van der Waals surface area (Å²) in [7, 11) is 1.80. The summed E-state index contributed by atoms with van der Waals surface area (Å²) in [6.45, 7) is 6.59. The van der Waals surface area contributed by atoms with E-state index in [1.54, 1.807) is 24.0 Å². The third kappa shape index (κ3) is 2.71. The predicted molar refractivity (Wildman–Crippen MR) is 87.1 cm³/mol. The van der Waals surface area contributed by atoms with Gasteiger partial charge in [0.2, 0.25) is 0 Å². The molecule has 2 heterocycles. The first-order chi connectivity index (χ1) is 10.6. The van der Waals surface area contributed by atoms with Gasteiger partial charge in [0.05, 0.1) is 0 Å². The molecule has 0 aliphatic carbocycles. The van der Waals surface area contributed by atoms with Crippen molar-refractivity contribution in [3.8, 4) is 0 Å². The quantitative estimate of drug-likeness (QED) is 0.852. The Hall–Kier alpha value is -2.30. The zero-order valence-electron chi connectivity index (χ0n) is 13.4. The SMILES string of the molecule is Cc1ccc(N2CCN(C(=O)c3ccnn3C)CC2C)cc1. The molecule has 5 nitrogen and oxygen atoms in total. The van der Waals surface area contributed by atoms with Crippen LogP contribution < -0.4 is 4.90 Å². The van der Waals surface area contributed by atoms with Crippen LogP contribution in [0.25, 0.3) is 0 Å². The zero-order valence-corrected chi connectivity index (χ0v) is 13.4. The van der Waals surface area contributed by atoms with E-state index in [1.165, 1.54) is 11.3 Å². The van der Waals surface area contributed by atoms with Gasteiger partial charge < -0.3 is 9.80 Å². The second-order valence-electron chi connectivity index (χ2n) is 5.97. The van der Waals surface area contributed by atoms with Gasteiger partial charge in [-0.05, 0) is 32.0 Å². The molecule has 0 spiro atoms. The highest BCUT2D eigenvalue weighted by Crippen LogP contribution is 2.21. The molecule has 3 rings (SSSR count). The predicted octanol–water partition coefficient (Wildman–Crippen LogP) is 2.08. The fraction of sp³-hybridized carbons (Fsp3) is 0.412. The Morgan fingerprint density at radius 2 is 1.91 bits per heavy atom. The summed E-state index contributed by atoms with van der Waals surface area (Å²) in [4.78, 5) is 16.9. The van der Waals surface area contributed by atoms with Crippen LogP contribution in [0.2, 0.25) is 0 Å². The van der Waals surface area contributed by atoms with E-state index >= 15 is 0 Å². The van der Waals surface area contributed by atoms with Gasteiger partial charge in [-0.2, -0.15) is 5.10 Å². The standard InChI is InChI=1S/C17H22N4O/c1-13-4-6-15(7-5-13)21-11-10-20(12-14(21)2)17(22)16-8-9-18-19(16)3/h4-9,14H,10-12H2,1-3H3. The largest absolute Gasteiger partial charge is 0.365 e. The highest BCUT2D eigenvalue weighted by molar-refractivity contribution is 5.92. The average molecular weight is 298 g/mol. The number of piperazine rings is 1. The average Bonchev–Trinajstić information content (AvgIpc) is 2.93. The number of hydrogen-bond donors (Lipinski definition) is 0. The summed E-state index contributed by atoms with van der Waals surface area (Å²) in [5, 5.41) is 4.08. The van der Waals surface area contributed by atoms with Crippen LogP contribution in [0.3, 0.4) is 0 Å². The monoisotopic (exact) mass is 298 g/mol. The molecule has 116 valence electrons. The molecule has 0 radical (unpaired) electrons. The van der Waals surface area contributed by atoms with E-state index < -0.39 is 0 Å². The summed E-state index contributed by atoms with van der Waals surface area (Å²) in [6, 6.07) is 10.7. The Morgan fingerprint density at radius 3 is 2.50 bits per heavy atom. The van der Waals surface area contributed by atoms with Crippen molar-refractivity contribution < 1.29 is 4.79 Å². The molecule has 1 unspecified atom stereocenters. The number of carbonyl (C=O) groups excluding carboxylic acids is 1. The number of amides is 1. The van der Waals surface area contributed by atoms with E-state index in [0.717, 1.165) is 19.6 Å². The van der Waals surface area contributed by atoms with Crippen LogP contribution in [-0.4, -0.2) is 46.3 Å². The summed E-state index contributed by atoms with van der Waals surface area (Å²) in [5.74, 6) is 0.0652. The lowest BCUT2D eigenvalue weighted by atomic mass is 10.1. The maximum absolute atomic E-state index is 12.6. The molecule has 1 fully saturated rings. The van der Waals surface area contributed by atoms with Crippen molar-refractivity contribution in [2.75, 3.05) is 24.5 Å². The number of rotatable bonds is 2. The molecule has 1 aromatic carbocycles. The molecule has 22 heavy (non-hydrogen) atoms. The van der Waals surface area contributed by atoms with Crippen molar-refractivity contribution in [3.05, 3.63) is 47.8 Å². The van der Waals surface area contributed by atoms with Crippen LogP contribution in [0.1, 0.15) is 23.0 Å².